The van der Waals surface area contributed by atoms with Gasteiger partial charge in [-0.3, -0.25) is 0 Å². The summed E-state index contributed by atoms with van der Waals surface area (Å²) < 4.78 is 39.8. The molecule has 0 radical (unpaired) electrons. The number of carbonyl (C=O) groups is 1. The van der Waals surface area contributed by atoms with Gasteiger partial charge in [0.2, 0.25) is 0 Å². The first-order valence-corrected chi connectivity index (χ1v) is 3.35. The second kappa shape index (κ2) is 3.93. The van der Waals surface area contributed by atoms with Crippen LogP contribution in [0.2, 0.25) is 0 Å². The van der Waals surface area contributed by atoms with E-state index in [9.17, 15) is 18.0 Å². The van der Waals surface area contributed by atoms with Gasteiger partial charge in [-0.2, -0.15) is 8.78 Å². The lowest BCUT2D eigenvalue weighted by Crippen LogP contribution is -2.17. The lowest BCUT2D eigenvalue weighted by molar-refractivity contribution is -0.146. The lowest BCUT2D eigenvalue weighted by atomic mass is 10.3. The van der Waals surface area contributed by atoms with Gasteiger partial charge >= 0.3 is 12.4 Å². The normalized spacial score (nSPS) is 10.2. The number of halogens is 3. The topological polar surface area (TPSA) is 26.3 Å². The van der Waals surface area contributed by atoms with Crippen LogP contribution in [-0.4, -0.2) is 12.4 Å². The third-order valence-electron chi connectivity index (χ3n) is 1.21. The smallest absolute Gasteiger partial charge is 0.379 e. The molecule has 0 aromatic heterocycles. The van der Waals surface area contributed by atoms with Crippen LogP contribution in [-0.2, 0) is 4.79 Å². The Hall–Kier alpha value is -1.52. The Morgan fingerprint density at radius 2 is 1.77 bits per heavy atom. The molecule has 0 saturated heterocycles. The van der Waals surface area contributed by atoms with Crippen LogP contribution in [0, 0.1) is 5.82 Å². The zero-order valence-electron chi connectivity index (χ0n) is 6.34. The summed E-state index contributed by atoms with van der Waals surface area (Å²) in [6.07, 6.45) is -3.18. The van der Waals surface area contributed by atoms with E-state index in [-0.39, 0.29) is 5.75 Å². The van der Waals surface area contributed by atoms with Crippen LogP contribution in [0.3, 0.4) is 0 Å². The molecule has 0 aliphatic carbocycles. The Labute approximate surface area is 71.9 Å². The van der Waals surface area contributed by atoms with E-state index in [0.29, 0.717) is 0 Å². The van der Waals surface area contributed by atoms with Gasteiger partial charge in [0.1, 0.15) is 11.6 Å². The summed E-state index contributed by atoms with van der Waals surface area (Å²) in [5.41, 5.74) is 0. The van der Waals surface area contributed by atoms with E-state index in [1.165, 1.54) is 0 Å². The minimum absolute atomic E-state index is 0.105. The number of hydrogen-bond donors (Lipinski definition) is 0. The highest BCUT2D eigenvalue weighted by Gasteiger charge is 2.17. The van der Waals surface area contributed by atoms with Gasteiger partial charge in [-0.25, -0.2) is 9.18 Å². The molecular formula is C8H5F3O2. The Kier molecular flexibility index (Phi) is 2.89. The van der Waals surface area contributed by atoms with Crippen molar-refractivity contribution in [2.24, 2.45) is 0 Å². The zero-order chi connectivity index (χ0) is 9.84. The van der Waals surface area contributed by atoms with Gasteiger partial charge in [-0.15, -0.1) is 0 Å². The quantitative estimate of drug-likeness (QED) is 0.526. The zero-order valence-corrected chi connectivity index (χ0v) is 6.34. The Morgan fingerprint density at radius 1 is 1.23 bits per heavy atom. The molecule has 70 valence electrons. The summed E-state index contributed by atoms with van der Waals surface area (Å²) in [5, 5.41) is 0. The lowest BCUT2D eigenvalue weighted by Gasteiger charge is -2.01. The molecule has 0 N–H and O–H groups in total. The van der Waals surface area contributed by atoms with Crippen molar-refractivity contribution in [1.82, 2.24) is 0 Å². The second-order valence-corrected chi connectivity index (χ2v) is 2.18. The summed E-state index contributed by atoms with van der Waals surface area (Å²) in [6.45, 7) is 0. The molecule has 1 aromatic carbocycles. The fourth-order valence-electron chi connectivity index (χ4n) is 0.663. The summed E-state index contributed by atoms with van der Waals surface area (Å²) in [7, 11) is 0. The van der Waals surface area contributed by atoms with Crippen LogP contribution in [0.1, 0.15) is 0 Å². The Bertz CT molecular complexity index is 295. The number of benzene rings is 1. The molecule has 0 saturated carbocycles. The van der Waals surface area contributed by atoms with Gasteiger partial charge in [0, 0.05) is 0 Å². The van der Waals surface area contributed by atoms with Crippen molar-refractivity contribution in [1.29, 1.82) is 0 Å². The molecule has 0 aliphatic rings. The molecule has 0 amide bonds. The highest BCUT2D eigenvalue weighted by atomic mass is 19.3. The molecule has 0 fully saturated rings. The summed E-state index contributed by atoms with van der Waals surface area (Å²) >= 11 is 0. The van der Waals surface area contributed by atoms with Crippen LogP contribution >= 0.6 is 0 Å². The number of ether oxygens (including phenoxy) is 1. The summed E-state index contributed by atoms with van der Waals surface area (Å²) in [6, 6.07) is 4.20. The Balaban J connectivity index is 2.65. The first kappa shape index (κ1) is 9.57. The molecule has 0 bridgehead atoms. The van der Waals surface area contributed by atoms with Gasteiger partial charge in [-0.1, -0.05) is 0 Å². The minimum Gasteiger partial charge on any atom is -0.422 e. The molecule has 1 rings (SSSR count). The fraction of sp³-hybridized carbons (Fsp3) is 0.125. The molecule has 1 aromatic rings. The summed E-state index contributed by atoms with van der Waals surface area (Å²) in [4.78, 5) is 10.3. The van der Waals surface area contributed by atoms with Gasteiger partial charge in [0.25, 0.3) is 0 Å². The molecule has 0 atom stereocenters. The van der Waals surface area contributed by atoms with E-state index in [4.69, 9.17) is 0 Å². The van der Waals surface area contributed by atoms with Crippen LogP contribution in [0.5, 0.6) is 5.75 Å². The van der Waals surface area contributed by atoms with Gasteiger partial charge in [0.15, 0.2) is 0 Å². The first-order chi connectivity index (χ1) is 6.09. The van der Waals surface area contributed by atoms with Crippen molar-refractivity contribution in [2.45, 2.75) is 6.43 Å². The highest BCUT2D eigenvalue weighted by molar-refractivity contribution is 5.75. The molecule has 2 nitrogen and oxygen atoms in total. The monoisotopic (exact) mass is 190 g/mol. The van der Waals surface area contributed by atoms with Crippen LogP contribution in [0.15, 0.2) is 24.3 Å². The largest absolute Gasteiger partial charge is 0.422 e. The molecule has 5 heteroatoms. The maximum Gasteiger partial charge on any atom is 0.379 e. The molecule has 0 heterocycles. The van der Waals surface area contributed by atoms with Crippen molar-refractivity contribution in [3.8, 4) is 5.75 Å². The van der Waals surface area contributed by atoms with E-state index in [1.54, 1.807) is 0 Å². The van der Waals surface area contributed by atoms with Crippen molar-refractivity contribution in [3.63, 3.8) is 0 Å². The average molecular weight is 190 g/mol. The van der Waals surface area contributed by atoms with Crippen molar-refractivity contribution >= 4 is 5.97 Å². The predicted octanol–water partition coefficient (Wildman–Crippen LogP) is 2.00. The van der Waals surface area contributed by atoms with Crippen molar-refractivity contribution < 1.29 is 22.7 Å². The fourth-order valence-corrected chi connectivity index (χ4v) is 0.663. The standard InChI is InChI=1S/C8H5F3O2/c9-5-1-3-6(4-2-5)13-8(12)7(10)11/h1-4,7H. The number of rotatable bonds is 2. The first-order valence-electron chi connectivity index (χ1n) is 3.35. The number of esters is 1. The van der Waals surface area contributed by atoms with Gasteiger partial charge < -0.3 is 4.74 Å². The number of hydrogen-bond acceptors (Lipinski definition) is 2. The van der Waals surface area contributed by atoms with E-state index < -0.39 is 18.2 Å². The van der Waals surface area contributed by atoms with Crippen LogP contribution < -0.4 is 4.74 Å². The Morgan fingerprint density at radius 3 is 2.23 bits per heavy atom. The number of alkyl halides is 2. The maximum atomic E-state index is 12.3. The third-order valence-corrected chi connectivity index (χ3v) is 1.21. The van der Waals surface area contributed by atoms with E-state index in [1.807, 2.05) is 0 Å². The summed E-state index contributed by atoms with van der Waals surface area (Å²) in [5.74, 6) is -2.28. The molecular weight excluding hydrogens is 185 g/mol. The molecule has 0 aliphatic heterocycles. The third kappa shape index (κ3) is 2.77. The molecule has 0 unspecified atom stereocenters. The highest BCUT2D eigenvalue weighted by Crippen LogP contribution is 2.12. The van der Waals surface area contributed by atoms with Gasteiger partial charge in [0.05, 0.1) is 0 Å². The number of carbonyl (C=O) groups excluding carboxylic acids is 1. The van der Waals surface area contributed by atoms with Crippen LogP contribution in [0.25, 0.3) is 0 Å². The maximum absolute atomic E-state index is 12.3. The molecule has 0 spiro atoms. The van der Waals surface area contributed by atoms with E-state index >= 15 is 0 Å². The SMILES string of the molecule is O=C(Oc1ccc(F)cc1)C(F)F. The minimum atomic E-state index is -3.18. The van der Waals surface area contributed by atoms with E-state index in [0.717, 1.165) is 24.3 Å². The molecule has 13 heavy (non-hydrogen) atoms. The van der Waals surface area contributed by atoms with Gasteiger partial charge in [-0.05, 0) is 24.3 Å². The predicted molar refractivity (Wildman–Crippen MR) is 38.0 cm³/mol. The average Bonchev–Trinajstić information content (AvgIpc) is 2.08. The second-order valence-electron chi connectivity index (χ2n) is 2.18. The van der Waals surface area contributed by atoms with Crippen molar-refractivity contribution in [3.05, 3.63) is 30.1 Å². The van der Waals surface area contributed by atoms with E-state index in [2.05, 4.69) is 4.74 Å². The van der Waals surface area contributed by atoms with Crippen molar-refractivity contribution in [2.75, 3.05) is 0 Å². The van der Waals surface area contributed by atoms with Crippen LogP contribution in [0.4, 0.5) is 13.2 Å².